The number of fused-ring (bicyclic) bond motifs is 1. The molecular formula is C33H32N2O3S. The summed E-state index contributed by atoms with van der Waals surface area (Å²) in [6.07, 6.45) is 2.35. The first-order valence-corrected chi connectivity index (χ1v) is 14.8. The van der Waals surface area contributed by atoms with E-state index in [1.54, 1.807) is 16.8 Å². The molecule has 0 atom stereocenters. The van der Waals surface area contributed by atoms with Gasteiger partial charge >= 0.3 is 0 Å². The standard InChI is InChI=1S/C33H32N2O3S/c1-25-16-18-26(19-17-25)24-39(37,38)32-22-35(31-15-9-8-14-30(31)32)23-33(36)34-21-20-29(27-10-4-2-5-11-27)28-12-6-3-7-13-28/h2-19,22,29H,20-21,23-24H2,1H3,(H,34,36). The fourth-order valence-corrected chi connectivity index (χ4v) is 6.62. The Morgan fingerprint density at radius 2 is 1.38 bits per heavy atom. The van der Waals surface area contributed by atoms with Gasteiger partial charge in [-0.15, -0.1) is 0 Å². The van der Waals surface area contributed by atoms with Crippen LogP contribution in [0.2, 0.25) is 0 Å². The molecule has 0 saturated carbocycles. The summed E-state index contributed by atoms with van der Waals surface area (Å²) in [5, 5.41) is 3.68. The first-order chi connectivity index (χ1) is 18.9. The van der Waals surface area contributed by atoms with Gasteiger partial charge in [0.1, 0.15) is 6.54 Å². The molecule has 0 spiro atoms. The Morgan fingerprint density at radius 1 is 0.795 bits per heavy atom. The van der Waals surface area contributed by atoms with Gasteiger partial charge < -0.3 is 9.88 Å². The molecule has 0 radical (unpaired) electrons. The molecule has 0 fully saturated rings. The lowest BCUT2D eigenvalue weighted by molar-refractivity contribution is -0.121. The number of sulfone groups is 1. The number of nitrogens with zero attached hydrogens (tertiary/aromatic N) is 1. The van der Waals surface area contributed by atoms with E-state index in [1.807, 2.05) is 85.8 Å². The van der Waals surface area contributed by atoms with Crippen LogP contribution >= 0.6 is 0 Å². The summed E-state index contributed by atoms with van der Waals surface area (Å²) in [7, 11) is -3.61. The molecule has 39 heavy (non-hydrogen) atoms. The average Bonchev–Trinajstić information content (AvgIpc) is 3.32. The molecule has 0 aliphatic carbocycles. The maximum atomic E-state index is 13.4. The van der Waals surface area contributed by atoms with Crippen molar-refractivity contribution in [2.24, 2.45) is 0 Å². The minimum Gasteiger partial charge on any atom is -0.355 e. The van der Waals surface area contributed by atoms with E-state index in [4.69, 9.17) is 0 Å². The Bertz CT molecular complexity index is 1620. The number of carbonyl (C=O) groups is 1. The van der Waals surface area contributed by atoms with Crippen molar-refractivity contribution >= 4 is 26.6 Å². The highest BCUT2D eigenvalue weighted by Gasteiger charge is 2.22. The number of para-hydroxylation sites is 1. The molecule has 198 valence electrons. The van der Waals surface area contributed by atoms with Gasteiger partial charge in [-0.2, -0.15) is 0 Å². The number of hydrogen-bond acceptors (Lipinski definition) is 3. The highest BCUT2D eigenvalue weighted by Crippen LogP contribution is 2.29. The van der Waals surface area contributed by atoms with E-state index in [0.717, 1.165) is 23.1 Å². The van der Waals surface area contributed by atoms with E-state index in [0.29, 0.717) is 11.9 Å². The molecule has 5 nitrogen and oxygen atoms in total. The van der Waals surface area contributed by atoms with E-state index in [2.05, 4.69) is 29.6 Å². The van der Waals surface area contributed by atoms with Crippen LogP contribution in [-0.4, -0.2) is 25.4 Å². The predicted molar refractivity (Wildman–Crippen MR) is 156 cm³/mol. The van der Waals surface area contributed by atoms with Crippen molar-refractivity contribution in [1.82, 2.24) is 9.88 Å². The van der Waals surface area contributed by atoms with E-state index >= 15 is 0 Å². The van der Waals surface area contributed by atoms with E-state index < -0.39 is 9.84 Å². The highest BCUT2D eigenvalue weighted by molar-refractivity contribution is 7.90. The number of aryl methyl sites for hydroxylation is 1. The van der Waals surface area contributed by atoms with Crippen LogP contribution in [0.1, 0.15) is 34.6 Å². The largest absolute Gasteiger partial charge is 0.355 e. The van der Waals surface area contributed by atoms with Crippen molar-refractivity contribution < 1.29 is 13.2 Å². The third kappa shape index (κ3) is 6.29. The lowest BCUT2D eigenvalue weighted by Gasteiger charge is -2.18. The summed E-state index contributed by atoms with van der Waals surface area (Å²) in [5.74, 6) is -0.0786. The number of hydrogen-bond donors (Lipinski definition) is 1. The smallest absolute Gasteiger partial charge is 0.239 e. The monoisotopic (exact) mass is 536 g/mol. The molecule has 6 heteroatoms. The number of benzene rings is 4. The summed E-state index contributed by atoms with van der Waals surface area (Å²) < 4.78 is 28.5. The molecule has 1 N–H and O–H groups in total. The van der Waals surface area contributed by atoms with E-state index in [-0.39, 0.29) is 29.0 Å². The van der Waals surface area contributed by atoms with Crippen LogP contribution < -0.4 is 5.32 Å². The van der Waals surface area contributed by atoms with Gasteiger partial charge in [0.05, 0.1) is 10.6 Å². The minimum atomic E-state index is -3.61. The molecule has 5 aromatic rings. The first-order valence-electron chi connectivity index (χ1n) is 13.1. The Balaban J connectivity index is 1.30. The van der Waals surface area contributed by atoms with Crippen LogP contribution in [0.25, 0.3) is 10.9 Å². The quantitative estimate of drug-likeness (QED) is 0.229. The topological polar surface area (TPSA) is 68.2 Å². The molecule has 4 aromatic carbocycles. The fraction of sp³-hybridized carbons (Fsp3) is 0.182. The average molecular weight is 537 g/mol. The van der Waals surface area contributed by atoms with Crippen LogP contribution in [-0.2, 0) is 26.9 Å². The lowest BCUT2D eigenvalue weighted by atomic mass is 9.88. The van der Waals surface area contributed by atoms with Gasteiger partial charge in [0, 0.05) is 29.6 Å². The van der Waals surface area contributed by atoms with Crippen molar-refractivity contribution in [3.05, 3.63) is 138 Å². The zero-order valence-electron chi connectivity index (χ0n) is 22.0. The summed E-state index contributed by atoms with van der Waals surface area (Å²) >= 11 is 0. The second-order valence-corrected chi connectivity index (χ2v) is 11.9. The Hall–Kier alpha value is -4.16. The van der Waals surface area contributed by atoms with Gasteiger partial charge in [-0.25, -0.2) is 8.42 Å². The van der Waals surface area contributed by atoms with E-state index in [1.165, 1.54) is 11.1 Å². The van der Waals surface area contributed by atoms with Gasteiger partial charge in [-0.1, -0.05) is 109 Å². The number of aromatic nitrogens is 1. The molecular weight excluding hydrogens is 504 g/mol. The highest BCUT2D eigenvalue weighted by atomic mass is 32.2. The summed E-state index contributed by atoms with van der Waals surface area (Å²) in [6.45, 7) is 2.52. The second-order valence-electron chi connectivity index (χ2n) is 9.90. The summed E-state index contributed by atoms with van der Waals surface area (Å²) in [5.41, 5.74) is 4.95. The molecule has 0 aliphatic rings. The van der Waals surface area contributed by atoms with Gasteiger partial charge in [-0.05, 0) is 36.1 Å². The second kappa shape index (κ2) is 11.7. The number of nitrogens with one attached hydrogen (secondary N) is 1. The van der Waals surface area contributed by atoms with Crippen molar-refractivity contribution in [2.45, 2.75) is 36.5 Å². The molecule has 1 amide bonds. The number of amides is 1. The molecule has 0 aliphatic heterocycles. The molecule has 0 saturated heterocycles. The third-order valence-corrected chi connectivity index (χ3v) is 8.75. The lowest BCUT2D eigenvalue weighted by Crippen LogP contribution is -2.29. The Morgan fingerprint density at radius 3 is 2.03 bits per heavy atom. The number of carbonyl (C=O) groups excluding carboxylic acids is 1. The normalized spacial score (nSPS) is 11.6. The zero-order valence-corrected chi connectivity index (χ0v) is 22.8. The van der Waals surface area contributed by atoms with Gasteiger partial charge in [-0.3, -0.25) is 4.79 Å². The van der Waals surface area contributed by atoms with Crippen molar-refractivity contribution in [2.75, 3.05) is 6.54 Å². The predicted octanol–water partition coefficient (Wildman–Crippen LogP) is 6.26. The third-order valence-electron chi connectivity index (χ3n) is 7.04. The molecule has 1 aromatic heterocycles. The van der Waals surface area contributed by atoms with Crippen LogP contribution in [0.4, 0.5) is 0 Å². The van der Waals surface area contributed by atoms with Crippen LogP contribution in [0, 0.1) is 6.92 Å². The summed E-state index contributed by atoms with van der Waals surface area (Å²) in [4.78, 5) is 13.3. The zero-order chi connectivity index (χ0) is 27.2. The van der Waals surface area contributed by atoms with Gasteiger partial charge in [0.25, 0.3) is 0 Å². The first kappa shape index (κ1) is 26.4. The van der Waals surface area contributed by atoms with Crippen LogP contribution in [0.3, 0.4) is 0 Å². The van der Waals surface area contributed by atoms with Crippen molar-refractivity contribution in [1.29, 1.82) is 0 Å². The Labute approximate surface area is 230 Å². The van der Waals surface area contributed by atoms with Crippen LogP contribution in [0.5, 0.6) is 0 Å². The SMILES string of the molecule is Cc1ccc(CS(=O)(=O)c2cn(CC(=O)NCCC(c3ccccc3)c3ccccc3)c3ccccc23)cc1. The molecule has 1 heterocycles. The molecule has 0 unspecified atom stereocenters. The maximum Gasteiger partial charge on any atom is 0.239 e. The van der Waals surface area contributed by atoms with E-state index in [9.17, 15) is 13.2 Å². The molecule has 0 bridgehead atoms. The molecule has 5 rings (SSSR count). The van der Waals surface area contributed by atoms with Crippen molar-refractivity contribution in [3.63, 3.8) is 0 Å². The van der Waals surface area contributed by atoms with Gasteiger partial charge in [0.15, 0.2) is 9.84 Å². The Kier molecular flexibility index (Phi) is 7.94. The van der Waals surface area contributed by atoms with Crippen LogP contribution in [0.15, 0.2) is 120 Å². The van der Waals surface area contributed by atoms with Gasteiger partial charge in [0.2, 0.25) is 5.91 Å². The maximum absolute atomic E-state index is 13.4. The fourth-order valence-electron chi connectivity index (χ4n) is 5.04. The van der Waals surface area contributed by atoms with Crippen molar-refractivity contribution in [3.8, 4) is 0 Å². The summed E-state index contributed by atoms with van der Waals surface area (Å²) in [6, 6.07) is 35.5. The minimum absolute atomic E-state index is 0.0436. The number of rotatable bonds is 10.